The second kappa shape index (κ2) is 5.71. The topological polar surface area (TPSA) is 139 Å². The average Bonchev–Trinajstić information content (AvgIpc) is 3.32. The van der Waals surface area contributed by atoms with E-state index in [0.29, 0.717) is 38.3 Å². The number of halogens is 1. The van der Waals surface area contributed by atoms with E-state index in [0.717, 1.165) is 18.4 Å². The fraction of sp³-hybridized carbons (Fsp3) is 0.158. The monoisotopic (exact) mass is 391 g/mol. The molecule has 1 saturated carbocycles. The lowest BCUT2D eigenvalue weighted by Gasteiger charge is -2.13. The molecule has 0 bridgehead atoms. The summed E-state index contributed by atoms with van der Waals surface area (Å²) in [5.41, 5.74) is 15.0. The Morgan fingerprint density at radius 2 is 2.11 bits per heavy atom. The van der Waals surface area contributed by atoms with E-state index in [-0.39, 0.29) is 17.3 Å². The van der Waals surface area contributed by atoms with Crippen LogP contribution in [0.15, 0.2) is 24.5 Å². The van der Waals surface area contributed by atoms with Crippen molar-refractivity contribution in [3.05, 3.63) is 46.4 Å². The molecule has 0 radical (unpaired) electrons. The van der Waals surface area contributed by atoms with Crippen LogP contribution in [0.4, 0.5) is 5.82 Å². The maximum atomic E-state index is 12.2. The standard InChI is InChI=1S/C19H14ClN7O/c20-12-3-4-13-10(7-25-26-13)17(12)27-16-9(5-21)15(8-1-2-8)24-6-11(16)14(18(27)22)19(23)28/h3-4,6-8H,1-2,22H2,(H2,23,28)(H,25,26). The highest BCUT2D eigenvalue weighted by Gasteiger charge is 2.32. The molecule has 0 atom stereocenters. The average molecular weight is 392 g/mol. The minimum Gasteiger partial charge on any atom is -0.384 e. The minimum absolute atomic E-state index is 0.115. The van der Waals surface area contributed by atoms with E-state index in [1.807, 2.05) is 0 Å². The molecular formula is C19H14ClN7O. The Labute approximate surface area is 163 Å². The molecule has 3 heterocycles. The van der Waals surface area contributed by atoms with Gasteiger partial charge in [0.15, 0.2) is 0 Å². The Hall–Kier alpha value is -3.57. The third kappa shape index (κ3) is 2.14. The van der Waals surface area contributed by atoms with Gasteiger partial charge < -0.3 is 11.5 Å². The van der Waals surface area contributed by atoms with Crippen molar-refractivity contribution >= 4 is 45.1 Å². The van der Waals surface area contributed by atoms with Gasteiger partial charge >= 0.3 is 0 Å². The highest BCUT2D eigenvalue weighted by Crippen LogP contribution is 2.44. The summed E-state index contributed by atoms with van der Waals surface area (Å²) in [5.74, 6) is -0.341. The first kappa shape index (κ1) is 16.6. The van der Waals surface area contributed by atoms with Crippen LogP contribution in [0.1, 0.15) is 40.4 Å². The van der Waals surface area contributed by atoms with Crippen molar-refractivity contribution in [3.8, 4) is 11.8 Å². The van der Waals surface area contributed by atoms with E-state index in [4.69, 9.17) is 23.1 Å². The molecule has 1 aliphatic carbocycles. The first-order valence-corrected chi connectivity index (χ1v) is 9.05. The number of aromatic nitrogens is 4. The first-order valence-electron chi connectivity index (χ1n) is 8.67. The predicted octanol–water partition coefficient (Wildman–Crippen LogP) is 2.99. The van der Waals surface area contributed by atoms with Crippen LogP contribution in [0.3, 0.4) is 0 Å². The summed E-state index contributed by atoms with van der Waals surface area (Å²) in [7, 11) is 0. The molecule has 1 amide bonds. The zero-order valence-corrected chi connectivity index (χ0v) is 15.3. The quantitative estimate of drug-likeness (QED) is 0.492. The SMILES string of the molecule is N#Cc1c(C2CC2)ncc2c(C(N)=O)c(N)n(-c3c(Cl)ccc4[nH]ncc34)c12. The van der Waals surface area contributed by atoms with Gasteiger partial charge in [-0.3, -0.25) is 19.4 Å². The zero-order chi connectivity index (χ0) is 19.6. The van der Waals surface area contributed by atoms with E-state index in [1.54, 1.807) is 29.1 Å². The van der Waals surface area contributed by atoms with Crippen molar-refractivity contribution in [2.75, 3.05) is 5.73 Å². The molecule has 1 aromatic carbocycles. The van der Waals surface area contributed by atoms with E-state index >= 15 is 0 Å². The molecule has 9 heteroatoms. The van der Waals surface area contributed by atoms with Gasteiger partial charge in [0.2, 0.25) is 0 Å². The van der Waals surface area contributed by atoms with Crippen molar-refractivity contribution in [2.24, 2.45) is 5.73 Å². The number of benzene rings is 1. The number of primary amides is 1. The summed E-state index contributed by atoms with van der Waals surface area (Å²) in [5, 5.41) is 18.4. The van der Waals surface area contributed by atoms with Crippen LogP contribution in [-0.2, 0) is 0 Å². The maximum Gasteiger partial charge on any atom is 0.253 e. The molecule has 0 saturated heterocycles. The van der Waals surface area contributed by atoms with Gasteiger partial charge in [-0.25, -0.2) is 0 Å². The highest BCUT2D eigenvalue weighted by atomic mass is 35.5. The Kier molecular flexibility index (Phi) is 3.38. The molecule has 5 rings (SSSR count). The lowest BCUT2D eigenvalue weighted by molar-refractivity contribution is 0.100. The molecule has 3 aromatic heterocycles. The predicted molar refractivity (Wildman–Crippen MR) is 105 cm³/mol. The summed E-state index contributed by atoms with van der Waals surface area (Å²) in [6.07, 6.45) is 5.15. The van der Waals surface area contributed by atoms with E-state index in [1.165, 1.54) is 0 Å². The number of pyridine rings is 1. The Bertz CT molecular complexity index is 1340. The molecule has 28 heavy (non-hydrogen) atoms. The number of amides is 1. The first-order chi connectivity index (χ1) is 13.5. The minimum atomic E-state index is -0.693. The number of nitrogen functional groups attached to an aromatic ring is 1. The Morgan fingerprint density at radius 3 is 2.79 bits per heavy atom. The molecule has 1 fully saturated rings. The number of H-pyrrole nitrogens is 1. The van der Waals surface area contributed by atoms with Gasteiger partial charge in [-0.2, -0.15) is 10.4 Å². The van der Waals surface area contributed by atoms with Gasteiger partial charge in [0, 0.05) is 22.9 Å². The molecule has 0 unspecified atom stereocenters. The van der Waals surface area contributed by atoms with Crippen LogP contribution in [0, 0.1) is 11.3 Å². The van der Waals surface area contributed by atoms with Crippen LogP contribution in [0.25, 0.3) is 27.5 Å². The largest absolute Gasteiger partial charge is 0.384 e. The number of rotatable bonds is 3. The molecule has 4 aromatic rings. The summed E-state index contributed by atoms with van der Waals surface area (Å²) in [6, 6.07) is 5.76. The van der Waals surface area contributed by atoms with Gasteiger partial charge in [0.1, 0.15) is 11.9 Å². The normalized spacial score (nSPS) is 13.9. The van der Waals surface area contributed by atoms with Crippen LogP contribution in [-0.4, -0.2) is 25.7 Å². The summed E-state index contributed by atoms with van der Waals surface area (Å²) >= 11 is 6.53. The number of carbonyl (C=O) groups excluding carboxylic acids is 1. The number of hydrogen-bond donors (Lipinski definition) is 3. The molecule has 138 valence electrons. The fourth-order valence-corrected chi connectivity index (χ4v) is 4.02. The number of hydrogen-bond acceptors (Lipinski definition) is 5. The van der Waals surface area contributed by atoms with Crippen molar-refractivity contribution in [1.82, 2.24) is 19.7 Å². The number of anilines is 1. The molecular weight excluding hydrogens is 378 g/mol. The number of nitriles is 1. The van der Waals surface area contributed by atoms with Gasteiger partial charge in [0.05, 0.1) is 44.8 Å². The third-order valence-electron chi connectivity index (χ3n) is 5.16. The van der Waals surface area contributed by atoms with Gasteiger partial charge in [0.25, 0.3) is 5.91 Å². The number of carbonyl (C=O) groups is 1. The smallest absolute Gasteiger partial charge is 0.253 e. The van der Waals surface area contributed by atoms with Gasteiger partial charge in [-0.1, -0.05) is 11.6 Å². The molecule has 1 aliphatic rings. The van der Waals surface area contributed by atoms with Crippen LogP contribution >= 0.6 is 11.6 Å². The second-order valence-corrected chi connectivity index (χ2v) is 7.26. The summed E-state index contributed by atoms with van der Waals surface area (Å²) in [4.78, 5) is 16.6. The van der Waals surface area contributed by atoms with E-state index in [9.17, 15) is 10.1 Å². The maximum absolute atomic E-state index is 12.2. The Morgan fingerprint density at radius 1 is 1.32 bits per heavy atom. The van der Waals surface area contributed by atoms with Crippen molar-refractivity contribution in [3.63, 3.8) is 0 Å². The Balaban J connectivity index is 2.01. The van der Waals surface area contributed by atoms with Crippen molar-refractivity contribution < 1.29 is 4.79 Å². The fourth-order valence-electron chi connectivity index (χ4n) is 3.77. The number of fused-ring (bicyclic) bond motifs is 2. The van der Waals surface area contributed by atoms with E-state index in [2.05, 4.69) is 21.3 Å². The van der Waals surface area contributed by atoms with Crippen molar-refractivity contribution in [2.45, 2.75) is 18.8 Å². The zero-order valence-electron chi connectivity index (χ0n) is 14.5. The van der Waals surface area contributed by atoms with Crippen LogP contribution in [0.5, 0.6) is 0 Å². The van der Waals surface area contributed by atoms with Crippen LogP contribution < -0.4 is 11.5 Å². The van der Waals surface area contributed by atoms with Gasteiger partial charge in [-0.05, 0) is 25.0 Å². The highest BCUT2D eigenvalue weighted by molar-refractivity contribution is 6.34. The molecule has 8 nitrogen and oxygen atoms in total. The molecule has 5 N–H and O–H groups in total. The third-order valence-corrected chi connectivity index (χ3v) is 5.47. The lowest BCUT2D eigenvalue weighted by Crippen LogP contribution is -2.13. The molecule has 0 spiro atoms. The van der Waals surface area contributed by atoms with Crippen LogP contribution in [0.2, 0.25) is 5.02 Å². The van der Waals surface area contributed by atoms with E-state index < -0.39 is 5.91 Å². The summed E-state index contributed by atoms with van der Waals surface area (Å²) in [6.45, 7) is 0. The molecule has 0 aliphatic heterocycles. The lowest BCUT2D eigenvalue weighted by atomic mass is 10.1. The second-order valence-electron chi connectivity index (χ2n) is 6.85. The number of nitrogens with zero attached hydrogens (tertiary/aromatic N) is 4. The van der Waals surface area contributed by atoms with Gasteiger partial charge in [-0.15, -0.1) is 0 Å². The number of aromatic amines is 1. The number of nitrogens with two attached hydrogens (primary N) is 2. The number of nitrogens with one attached hydrogen (secondary N) is 1. The van der Waals surface area contributed by atoms with Crippen molar-refractivity contribution in [1.29, 1.82) is 5.26 Å². The summed E-state index contributed by atoms with van der Waals surface area (Å²) < 4.78 is 1.63.